The lowest BCUT2D eigenvalue weighted by molar-refractivity contribution is -0.116. The van der Waals surface area contributed by atoms with Crippen LogP contribution in [0.3, 0.4) is 0 Å². The summed E-state index contributed by atoms with van der Waals surface area (Å²) in [6, 6.07) is 13.4. The van der Waals surface area contributed by atoms with E-state index in [2.05, 4.69) is 17.2 Å². The van der Waals surface area contributed by atoms with E-state index >= 15 is 0 Å². The molecule has 0 saturated carbocycles. The number of nitrogens with one attached hydrogen (secondary N) is 2. The Bertz CT molecular complexity index is 949. The number of benzene rings is 2. The molecule has 148 valence electrons. The summed E-state index contributed by atoms with van der Waals surface area (Å²) in [7, 11) is 0. The number of imide groups is 1. The van der Waals surface area contributed by atoms with E-state index < -0.39 is 0 Å². The minimum absolute atomic E-state index is 0.107. The van der Waals surface area contributed by atoms with Gasteiger partial charge in [-0.2, -0.15) is 0 Å². The van der Waals surface area contributed by atoms with Crippen LogP contribution >= 0.6 is 0 Å². The van der Waals surface area contributed by atoms with Crippen molar-refractivity contribution in [3.63, 3.8) is 0 Å². The Morgan fingerprint density at radius 3 is 2.24 bits per heavy atom. The second-order valence-corrected chi connectivity index (χ2v) is 6.50. The average Bonchev–Trinajstić information content (AvgIpc) is 2.97. The van der Waals surface area contributed by atoms with Crippen molar-refractivity contribution in [2.75, 3.05) is 18.4 Å². The maximum atomic E-state index is 12.3. The molecule has 0 spiro atoms. The quantitative estimate of drug-likeness (QED) is 0.534. The van der Waals surface area contributed by atoms with Gasteiger partial charge in [-0.3, -0.25) is 24.1 Å². The SMILES string of the molecule is C=CCNC(=O)c1ccccc1NC(=O)CCCN1C(=O)c2ccccc2C1=O. The highest BCUT2D eigenvalue weighted by molar-refractivity contribution is 6.21. The topological polar surface area (TPSA) is 95.6 Å². The highest BCUT2D eigenvalue weighted by Crippen LogP contribution is 2.23. The van der Waals surface area contributed by atoms with Crippen molar-refractivity contribution in [1.82, 2.24) is 10.2 Å². The molecule has 3 rings (SSSR count). The van der Waals surface area contributed by atoms with Crippen LogP contribution in [-0.2, 0) is 4.79 Å². The summed E-state index contributed by atoms with van der Waals surface area (Å²) >= 11 is 0. The minimum atomic E-state index is -0.338. The summed E-state index contributed by atoms with van der Waals surface area (Å²) in [5.41, 5.74) is 1.53. The van der Waals surface area contributed by atoms with Crippen molar-refractivity contribution in [3.05, 3.63) is 77.9 Å². The number of fused-ring (bicyclic) bond motifs is 1. The van der Waals surface area contributed by atoms with E-state index in [1.54, 1.807) is 54.6 Å². The molecule has 0 unspecified atom stereocenters. The average molecular weight is 391 g/mol. The van der Waals surface area contributed by atoms with Crippen LogP contribution in [0.4, 0.5) is 5.69 Å². The van der Waals surface area contributed by atoms with E-state index in [0.29, 0.717) is 35.3 Å². The molecule has 1 aliphatic rings. The standard InChI is InChI=1S/C22H21N3O4/c1-2-13-23-20(27)17-10-5-6-11-18(17)24-19(26)12-7-14-25-21(28)15-8-3-4-9-16(15)22(25)29/h2-6,8-11H,1,7,12-14H2,(H,23,27)(H,24,26). The molecular weight excluding hydrogens is 370 g/mol. The largest absolute Gasteiger partial charge is 0.349 e. The molecule has 0 aromatic heterocycles. The Morgan fingerprint density at radius 1 is 0.966 bits per heavy atom. The van der Waals surface area contributed by atoms with Gasteiger partial charge >= 0.3 is 0 Å². The first-order chi connectivity index (χ1) is 14.0. The van der Waals surface area contributed by atoms with Gasteiger partial charge in [0.05, 0.1) is 22.4 Å². The van der Waals surface area contributed by atoms with Crippen LogP contribution < -0.4 is 10.6 Å². The number of carbonyl (C=O) groups is 4. The van der Waals surface area contributed by atoms with E-state index in [0.717, 1.165) is 4.90 Å². The maximum Gasteiger partial charge on any atom is 0.261 e. The van der Waals surface area contributed by atoms with Gasteiger partial charge in [-0.15, -0.1) is 6.58 Å². The molecule has 0 fully saturated rings. The molecule has 0 saturated heterocycles. The molecule has 2 aromatic carbocycles. The number of para-hydroxylation sites is 1. The van der Waals surface area contributed by atoms with Crippen molar-refractivity contribution >= 4 is 29.3 Å². The van der Waals surface area contributed by atoms with Gasteiger partial charge in [0.2, 0.25) is 5.91 Å². The summed E-state index contributed by atoms with van der Waals surface area (Å²) in [6.07, 6.45) is 2.00. The van der Waals surface area contributed by atoms with Gasteiger partial charge in [0.1, 0.15) is 0 Å². The number of anilines is 1. The molecule has 0 bridgehead atoms. The molecule has 1 heterocycles. The Balaban J connectivity index is 1.55. The molecule has 0 radical (unpaired) electrons. The molecule has 0 atom stereocenters. The Labute approximate surface area is 168 Å². The number of hydrogen-bond acceptors (Lipinski definition) is 4. The monoisotopic (exact) mass is 391 g/mol. The lowest BCUT2D eigenvalue weighted by Gasteiger charge is -2.14. The van der Waals surface area contributed by atoms with Gasteiger partial charge in [0.15, 0.2) is 0 Å². The van der Waals surface area contributed by atoms with Crippen LogP contribution in [0.5, 0.6) is 0 Å². The van der Waals surface area contributed by atoms with Gasteiger partial charge in [-0.25, -0.2) is 0 Å². The van der Waals surface area contributed by atoms with Gasteiger partial charge in [0, 0.05) is 19.5 Å². The molecule has 0 aliphatic carbocycles. The first kappa shape index (κ1) is 20.0. The predicted octanol–water partition coefficient (Wildman–Crippen LogP) is 2.62. The van der Waals surface area contributed by atoms with Crippen molar-refractivity contribution < 1.29 is 19.2 Å². The van der Waals surface area contributed by atoms with E-state index in [1.807, 2.05) is 0 Å². The fourth-order valence-corrected chi connectivity index (χ4v) is 3.10. The van der Waals surface area contributed by atoms with Crippen LogP contribution in [0.1, 0.15) is 43.9 Å². The molecular formula is C22H21N3O4. The maximum absolute atomic E-state index is 12.3. The highest BCUT2D eigenvalue weighted by Gasteiger charge is 2.34. The van der Waals surface area contributed by atoms with E-state index in [1.165, 1.54) is 0 Å². The third kappa shape index (κ3) is 4.40. The van der Waals surface area contributed by atoms with Crippen LogP contribution in [-0.4, -0.2) is 41.6 Å². The Hall–Kier alpha value is -3.74. The smallest absolute Gasteiger partial charge is 0.261 e. The van der Waals surface area contributed by atoms with Gasteiger partial charge in [0.25, 0.3) is 17.7 Å². The number of nitrogens with zero attached hydrogens (tertiary/aromatic N) is 1. The summed E-state index contributed by atoms with van der Waals surface area (Å²) < 4.78 is 0. The molecule has 4 amide bonds. The number of amides is 4. The molecule has 2 aromatic rings. The molecule has 2 N–H and O–H groups in total. The van der Waals surface area contributed by atoms with Crippen LogP contribution in [0.2, 0.25) is 0 Å². The predicted molar refractivity (Wildman–Crippen MR) is 109 cm³/mol. The first-order valence-electron chi connectivity index (χ1n) is 9.26. The minimum Gasteiger partial charge on any atom is -0.349 e. The van der Waals surface area contributed by atoms with E-state index in [-0.39, 0.29) is 36.6 Å². The molecule has 29 heavy (non-hydrogen) atoms. The normalized spacial score (nSPS) is 12.5. The Kier molecular flexibility index (Phi) is 6.19. The number of carbonyl (C=O) groups excluding carboxylic acids is 4. The number of rotatable bonds is 8. The van der Waals surface area contributed by atoms with Crippen LogP contribution in [0.25, 0.3) is 0 Å². The van der Waals surface area contributed by atoms with Crippen LogP contribution in [0, 0.1) is 0 Å². The fourth-order valence-electron chi connectivity index (χ4n) is 3.10. The summed E-state index contributed by atoms with van der Waals surface area (Å²) in [4.78, 5) is 50.3. The third-order valence-electron chi connectivity index (χ3n) is 4.52. The van der Waals surface area contributed by atoms with Crippen molar-refractivity contribution in [2.45, 2.75) is 12.8 Å². The Morgan fingerprint density at radius 2 is 1.59 bits per heavy atom. The summed E-state index contributed by atoms with van der Waals surface area (Å²) in [6.45, 7) is 4.03. The van der Waals surface area contributed by atoms with Crippen molar-refractivity contribution in [2.24, 2.45) is 0 Å². The van der Waals surface area contributed by atoms with E-state index in [9.17, 15) is 19.2 Å². The van der Waals surface area contributed by atoms with E-state index in [4.69, 9.17) is 0 Å². The lowest BCUT2D eigenvalue weighted by atomic mass is 10.1. The third-order valence-corrected chi connectivity index (χ3v) is 4.52. The first-order valence-corrected chi connectivity index (χ1v) is 9.26. The zero-order valence-electron chi connectivity index (χ0n) is 15.8. The zero-order chi connectivity index (χ0) is 20.8. The summed E-state index contributed by atoms with van der Waals surface area (Å²) in [5.74, 6) is -1.29. The fraction of sp³-hybridized carbons (Fsp3) is 0.182. The lowest BCUT2D eigenvalue weighted by Crippen LogP contribution is -2.31. The van der Waals surface area contributed by atoms with Gasteiger partial charge < -0.3 is 10.6 Å². The second kappa shape index (κ2) is 8.97. The number of hydrogen-bond donors (Lipinski definition) is 2. The summed E-state index contributed by atoms with van der Waals surface area (Å²) in [5, 5.41) is 5.39. The second-order valence-electron chi connectivity index (χ2n) is 6.50. The van der Waals surface area contributed by atoms with Gasteiger partial charge in [-0.1, -0.05) is 30.3 Å². The van der Waals surface area contributed by atoms with Gasteiger partial charge in [-0.05, 0) is 30.7 Å². The molecule has 1 aliphatic heterocycles. The van der Waals surface area contributed by atoms with Crippen molar-refractivity contribution in [3.8, 4) is 0 Å². The molecule has 7 heteroatoms. The zero-order valence-corrected chi connectivity index (χ0v) is 15.8. The molecule has 7 nitrogen and oxygen atoms in total. The van der Waals surface area contributed by atoms with Crippen LogP contribution in [0.15, 0.2) is 61.2 Å². The highest BCUT2D eigenvalue weighted by atomic mass is 16.2. The van der Waals surface area contributed by atoms with Crippen molar-refractivity contribution in [1.29, 1.82) is 0 Å².